The summed E-state index contributed by atoms with van der Waals surface area (Å²) in [6, 6.07) is 0.00981. The van der Waals surface area contributed by atoms with Crippen LogP contribution < -0.4 is 0 Å². The fourth-order valence-electron chi connectivity index (χ4n) is 3.74. The largest absolute Gasteiger partial charge is 0.448 e. The van der Waals surface area contributed by atoms with E-state index in [4.69, 9.17) is 4.42 Å². The number of carbonyl (C=O) groups is 1. The maximum Gasteiger partial charge on any atom is 0.275 e. The van der Waals surface area contributed by atoms with E-state index < -0.39 is 10.0 Å². The number of fused-ring (bicyclic) bond motifs is 1. The monoisotopic (exact) mass is 341 g/mol. The number of aromatic nitrogens is 1. The smallest absolute Gasteiger partial charge is 0.275 e. The van der Waals surface area contributed by atoms with Crippen LogP contribution in [0.5, 0.6) is 0 Å². The van der Waals surface area contributed by atoms with Gasteiger partial charge in [0.1, 0.15) is 6.26 Å². The van der Waals surface area contributed by atoms with Gasteiger partial charge in [-0.3, -0.25) is 4.79 Å². The molecule has 0 aromatic carbocycles. The summed E-state index contributed by atoms with van der Waals surface area (Å²) in [6.45, 7) is 3.44. The third-order valence-electron chi connectivity index (χ3n) is 4.82. The Hall–Kier alpha value is -1.41. The summed E-state index contributed by atoms with van der Waals surface area (Å²) in [5.41, 5.74) is 0.328. The van der Waals surface area contributed by atoms with Crippen LogP contribution in [-0.2, 0) is 10.0 Å². The van der Waals surface area contributed by atoms with Crippen LogP contribution >= 0.6 is 0 Å². The van der Waals surface area contributed by atoms with Crippen LogP contribution in [0.25, 0.3) is 0 Å². The highest BCUT2D eigenvalue weighted by Gasteiger charge is 2.39. The summed E-state index contributed by atoms with van der Waals surface area (Å²) in [4.78, 5) is 18.4. The molecule has 0 aliphatic carbocycles. The Morgan fingerprint density at radius 1 is 1.30 bits per heavy atom. The molecule has 0 unspecified atom stereocenters. The van der Waals surface area contributed by atoms with Crippen molar-refractivity contribution in [1.29, 1.82) is 0 Å². The van der Waals surface area contributed by atoms with Crippen molar-refractivity contribution < 1.29 is 17.6 Å². The standard InChI is InChI=1S/C15H23N3O4S/c1-11-16-13(10-22-11)15(19)17-8-6-14-12(9-17)5-3-4-7-18(14)23(2,20)21/h10,12,14H,3-9H2,1-2H3/t12-,14+/m0/s1. The molecule has 3 heterocycles. The number of hydrogen-bond donors (Lipinski definition) is 0. The van der Waals surface area contributed by atoms with Crippen LogP contribution in [0, 0.1) is 12.8 Å². The maximum atomic E-state index is 12.5. The highest BCUT2D eigenvalue weighted by molar-refractivity contribution is 7.88. The molecule has 0 N–H and O–H groups in total. The van der Waals surface area contributed by atoms with E-state index in [2.05, 4.69) is 4.98 Å². The van der Waals surface area contributed by atoms with Gasteiger partial charge in [-0.25, -0.2) is 13.4 Å². The summed E-state index contributed by atoms with van der Waals surface area (Å²) < 4.78 is 30.9. The minimum Gasteiger partial charge on any atom is -0.448 e. The van der Waals surface area contributed by atoms with Crippen molar-refractivity contribution in [2.75, 3.05) is 25.9 Å². The number of carbonyl (C=O) groups excluding carboxylic acids is 1. The predicted octanol–water partition coefficient (Wildman–Crippen LogP) is 1.26. The highest BCUT2D eigenvalue weighted by Crippen LogP contribution is 2.31. The SMILES string of the molecule is Cc1nc(C(=O)N2CC[C@@H]3[C@@H](CCCCN3S(C)(=O)=O)C2)co1. The lowest BCUT2D eigenvalue weighted by Crippen LogP contribution is -2.53. The first-order valence-electron chi connectivity index (χ1n) is 8.04. The highest BCUT2D eigenvalue weighted by atomic mass is 32.2. The average molecular weight is 341 g/mol. The molecule has 1 aromatic rings. The van der Waals surface area contributed by atoms with Gasteiger partial charge in [0.25, 0.3) is 5.91 Å². The van der Waals surface area contributed by atoms with Crippen LogP contribution in [0.1, 0.15) is 42.1 Å². The van der Waals surface area contributed by atoms with E-state index in [-0.39, 0.29) is 17.9 Å². The lowest BCUT2D eigenvalue weighted by molar-refractivity contribution is 0.0570. The van der Waals surface area contributed by atoms with Gasteiger partial charge in [-0.15, -0.1) is 0 Å². The van der Waals surface area contributed by atoms with Crippen LogP contribution in [0.2, 0.25) is 0 Å². The van der Waals surface area contributed by atoms with Gasteiger partial charge in [0.05, 0.1) is 6.26 Å². The lowest BCUT2D eigenvalue weighted by atomic mass is 9.89. The Morgan fingerprint density at radius 3 is 2.74 bits per heavy atom. The van der Waals surface area contributed by atoms with E-state index >= 15 is 0 Å². The van der Waals surface area contributed by atoms with Crippen LogP contribution in [-0.4, -0.2) is 60.4 Å². The molecule has 2 fully saturated rings. The summed E-state index contributed by atoms with van der Waals surface area (Å²) in [5, 5.41) is 0. The molecule has 128 valence electrons. The van der Waals surface area contributed by atoms with Crippen molar-refractivity contribution in [2.24, 2.45) is 5.92 Å². The van der Waals surface area contributed by atoms with Crippen molar-refractivity contribution in [3.8, 4) is 0 Å². The number of piperidine rings is 1. The van der Waals surface area contributed by atoms with Crippen LogP contribution in [0.4, 0.5) is 0 Å². The first-order chi connectivity index (χ1) is 10.9. The zero-order chi connectivity index (χ0) is 16.6. The van der Waals surface area contributed by atoms with E-state index in [0.29, 0.717) is 37.6 Å². The maximum absolute atomic E-state index is 12.5. The first kappa shape index (κ1) is 16.4. The van der Waals surface area contributed by atoms with Crippen LogP contribution in [0.15, 0.2) is 10.7 Å². The number of likely N-dealkylation sites (tertiary alicyclic amines) is 1. The zero-order valence-electron chi connectivity index (χ0n) is 13.6. The van der Waals surface area contributed by atoms with Gasteiger partial charge in [0, 0.05) is 32.6 Å². The molecule has 2 saturated heterocycles. The van der Waals surface area contributed by atoms with Crippen molar-refractivity contribution in [1.82, 2.24) is 14.2 Å². The van der Waals surface area contributed by atoms with E-state index in [1.807, 2.05) is 0 Å². The zero-order valence-corrected chi connectivity index (χ0v) is 14.4. The van der Waals surface area contributed by atoms with Gasteiger partial charge in [0.2, 0.25) is 10.0 Å². The second kappa shape index (κ2) is 6.24. The van der Waals surface area contributed by atoms with Crippen molar-refractivity contribution in [2.45, 2.75) is 38.6 Å². The van der Waals surface area contributed by atoms with Crippen molar-refractivity contribution >= 4 is 15.9 Å². The van der Waals surface area contributed by atoms with Gasteiger partial charge in [-0.05, 0) is 25.2 Å². The molecule has 0 spiro atoms. The fourth-order valence-corrected chi connectivity index (χ4v) is 4.97. The molecule has 0 bridgehead atoms. The lowest BCUT2D eigenvalue weighted by Gasteiger charge is -2.41. The first-order valence-corrected chi connectivity index (χ1v) is 9.89. The molecule has 2 atom stereocenters. The molecule has 2 aliphatic heterocycles. The average Bonchev–Trinajstić information content (AvgIpc) is 2.80. The van der Waals surface area contributed by atoms with Crippen LogP contribution in [0.3, 0.4) is 0 Å². The molecule has 3 rings (SSSR count). The van der Waals surface area contributed by atoms with Gasteiger partial charge < -0.3 is 9.32 Å². The number of oxazole rings is 1. The van der Waals surface area contributed by atoms with E-state index in [1.165, 1.54) is 12.5 Å². The summed E-state index contributed by atoms with van der Waals surface area (Å²) in [7, 11) is -3.20. The number of aryl methyl sites for hydroxylation is 1. The second-order valence-corrected chi connectivity index (χ2v) is 8.42. The van der Waals surface area contributed by atoms with E-state index in [9.17, 15) is 13.2 Å². The molecule has 1 aromatic heterocycles. The Kier molecular flexibility index (Phi) is 4.46. The molecular weight excluding hydrogens is 318 g/mol. The summed E-state index contributed by atoms with van der Waals surface area (Å²) >= 11 is 0. The number of rotatable bonds is 2. The normalized spacial score (nSPS) is 26.6. The molecular formula is C15H23N3O4S. The molecule has 23 heavy (non-hydrogen) atoms. The number of hydrogen-bond acceptors (Lipinski definition) is 5. The number of sulfonamides is 1. The van der Waals surface area contributed by atoms with E-state index in [1.54, 1.807) is 16.1 Å². The fraction of sp³-hybridized carbons (Fsp3) is 0.733. The van der Waals surface area contributed by atoms with Gasteiger partial charge in [-0.1, -0.05) is 6.42 Å². The molecule has 2 aliphatic rings. The molecule has 1 amide bonds. The van der Waals surface area contributed by atoms with E-state index in [0.717, 1.165) is 19.3 Å². The van der Waals surface area contributed by atoms with Gasteiger partial charge in [0.15, 0.2) is 11.6 Å². The minimum atomic E-state index is -3.20. The Labute approximate surface area is 136 Å². The van der Waals surface area contributed by atoms with Gasteiger partial charge >= 0.3 is 0 Å². The number of amides is 1. The Balaban J connectivity index is 1.76. The Bertz CT molecular complexity index is 685. The quantitative estimate of drug-likeness (QED) is 0.808. The molecule has 7 nitrogen and oxygen atoms in total. The van der Waals surface area contributed by atoms with Crippen molar-refractivity contribution in [3.63, 3.8) is 0 Å². The number of nitrogens with zero attached hydrogens (tertiary/aromatic N) is 3. The third-order valence-corrected chi connectivity index (χ3v) is 6.12. The molecule has 0 radical (unpaired) electrons. The van der Waals surface area contributed by atoms with Crippen molar-refractivity contribution in [3.05, 3.63) is 17.8 Å². The Morgan fingerprint density at radius 2 is 2.09 bits per heavy atom. The second-order valence-electron chi connectivity index (χ2n) is 6.49. The van der Waals surface area contributed by atoms with Gasteiger partial charge in [-0.2, -0.15) is 4.31 Å². The molecule has 8 heteroatoms. The molecule has 0 saturated carbocycles. The minimum absolute atomic E-state index is 0.00981. The predicted molar refractivity (Wildman–Crippen MR) is 84.4 cm³/mol. The topological polar surface area (TPSA) is 83.7 Å². The summed E-state index contributed by atoms with van der Waals surface area (Å²) in [5.74, 6) is 0.536. The third kappa shape index (κ3) is 3.42. The summed E-state index contributed by atoms with van der Waals surface area (Å²) in [6.07, 6.45) is 6.19.